The summed E-state index contributed by atoms with van der Waals surface area (Å²) >= 11 is 0. The number of esters is 1. The number of primary amides is 1. The summed E-state index contributed by atoms with van der Waals surface area (Å²) < 4.78 is 29.6. The van der Waals surface area contributed by atoms with Crippen molar-refractivity contribution in [1.29, 1.82) is 0 Å². The molecule has 1 heterocycles. The number of carbonyl (C=O) groups is 2. The first kappa shape index (κ1) is 15.3. The highest BCUT2D eigenvalue weighted by atomic mass is 32.2. The molecule has 7 nitrogen and oxygen atoms in total. The first-order chi connectivity index (χ1) is 9.70. The topological polar surface area (TPSA) is 107 Å². The van der Waals surface area contributed by atoms with Crippen LogP contribution in [0.2, 0.25) is 0 Å². The molecule has 2 rings (SSSR count). The van der Waals surface area contributed by atoms with E-state index < -0.39 is 28.5 Å². The van der Waals surface area contributed by atoms with Crippen LogP contribution >= 0.6 is 0 Å². The second-order valence-electron chi connectivity index (χ2n) is 5.00. The van der Waals surface area contributed by atoms with Crippen LogP contribution < -0.4 is 10.0 Å². The zero-order valence-corrected chi connectivity index (χ0v) is 12.5. The van der Waals surface area contributed by atoms with Crippen molar-refractivity contribution in [3.63, 3.8) is 0 Å². The van der Waals surface area contributed by atoms with Crippen molar-refractivity contribution >= 4 is 27.6 Å². The zero-order valence-electron chi connectivity index (χ0n) is 11.7. The second kappa shape index (κ2) is 5.36. The van der Waals surface area contributed by atoms with Crippen molar-refractivity contribution in [2.75, 3.05) is 17.2 Å². The number of ether oxygens (including phenoxy) is 1. The Bertz CT molecular complexity index is 699. The molecule has 0 spiro atoms. The maximum absolute atomic E-state index is 11.8. The van der Waals surface area contributed by atoms with Crippen molar-refractivity contribution < 1.29 is 22.7 Å². The Kier molecular flexibility index (Phi) is 3.91. The molecular weight excluding hydrogens is 296 g/mol. The molecule has 1 amide bonds. The Labute approximate surface area is 122 Å². The number of hydrogen-bond donors (Lipinski definition) is 1. The summed E-state index contributed by atoms with van der Waals surface area (Å²) in [4.78, 5) is 22.3. The number of fused-ring (bicyclic) bond motifs is 1. The van der Waals surface area contributed by atoms with Gasteiger partial charge in [0, 0.05) is 6.04 Å². The molecule has 0 aliphatic carbocycles. The van der Waals surface area contributed by atoms with Gasteiger partial charge in [0.25, 0.3) is 5.91 Å². The SMILES string of the molecule is C[C@@H]1Cc2cc(C(=O)OCC(N)=O)ccc2N1S(C)(=O)=O. The lowest BCUT2D eigenvalue weighted by Crippen LogP contribution is -2.34. The number of sulfonamides is 1. The molecule has 2 N–H and O–H groups in total. The molecule has 0 fully saturated rings. The molecule has 1 aromatic rings. The van der Waals surface area contributed by atoms with Crippen LogP contribution in [0.1, 0.15) is 22.8 Å². The van der Waals surface area contributed by atoms with Gasteiger partial charge in [0.2, 0.25) is 10.0 Å². The third-order valence-corrected chi connectivity index (χ3v) is 4.44. The fourth-order valence-corrected chi connectivity index (χ4v) is 3.72. The van der Waals surface area contributed by atoms with Crippen LogP contribution in [-0.4, -0.2) is 39.2 Å². The van der Waals surface area contributed by atoms with Crippen LogP contribution in [-0.2, 0) is 26.0 Å². The van der Waals surface area contributed by atoms with Gasteiger partial charge in [0.05, 0.1) is 17.5 Å². The molecule has 0 saturated carbocycles. The minimum absolute atomic E-state index is 0.202. The van der Waals surface area contributed by atoms with Gasteiger partial charge in [-0.15, -0.1) is 0 Å². The van der Waals surface area contributed by atoms with Crippen LogP contribution in [0.15, 0.2) is 18.2 Å². The summed E-state index contributed by atoms with van der Waals surface area (Å²) in [5, 5.41) is 0. The monoisotopic (exact) mass is 312 g/mol. The van der Waals surface area contributed by atoms with Crippen LogP contribution in [0.5, 0.6) is 0 Å². The molecule has 0 bridgehead atoms. The summed E-state index contributed by atoms with van der Waals surface area (Å²) in [7, 11) is -3.36. The van der Waals surface area contributed by atoms with E-state index in [2.05, 4.69) is 0 Å². The van der Waals surface area contributed by atoms with E-state index in [-0.39, 0.29) is 11.6 Å². The van der Waals surface area contributed by atoms with Crippen molar-refractivity contribution in [3.8, 4) is 0 Å². The van der Waals surface area contributed by atoms with Crippen molar-refractivity contribution in [1.82, 2.24) is 0 Å². The van der Waals surface area contributed by atoms with Gasteiger partial charge >= 0.3 is 5.97 Å². The maximum Gasteiger partial charge on any atom is 0.338 e. The van der Waals surface area contributed by atoms with Gasteiger partial charge in [0.1, 0.15) is 0 Å². The Morgan fingerprint density at radius 2 is 2.10 bits per heavy atom. The normalized spacial score (nSPS) is 17.4. The van der Waals surface area contributed by atoms with E-state index in [4.69, 9.17) is 10.5 Å². The first-order valence-electron chi connectivity index (χ1n) is 6.28. The van der Waals surface area contributed by atoms with E-state index in [1.54, 1.807) is 19.1 Å². The molecule has 8 heteroatoms. The highest BCUT2D eigenvalue weighted by molar-refractivity contribution is 7.92. The summed E-state index contributed by atoms with van der Waals surface area (Å²) in [6.07, 6.45) is 1.66. The number of anilines is 1. The van der Waals surface area contributed by atoms with E-state index in [1.165, 1.54) is 10.4 Å². The number of carbonyl (C=O) groups excluding carboxylic acids is 2. The number of amides is 1. The Morgan fingerprint density at radius 3 is 2.67 bits per heavy atom. The van der Waals surface area contributed by atoms with Crippen LogP contribution in [0.4, 0.5) is 5.69 Å². The number of benzene rings is 1. The highest BCUT2D eigenvalue weighted by Gasteiger charge is 2.32. The fraction of sp³-hybridized carbons (Fsp3) is 0.385. The standard InChI is InChI=1S/C13H16N2O5S/c1-8-5-10-6-9(13(17)20-7-12(14)16)3-4-11(10)15(8)21(2,18)19/h3-4,6,8H,5,7H2,1-2H3,(H2,14,16)/t8-/m1/s1. The van der Waals surface area contributed by atoms with Crippen LogP contribution in [0, 0.1) is 0 Å². The van der Waals surface area contributed by atoms with Gasteiger partial charge < -0.3 is 10.5 Å². The van der Waals surface area contributed by atoms with Crippen molar-refractivity contribution in [2.24, 2.45) is 5.73 Å². The smallest absolute Gasteiger partial charge is 0.338 e. The van der Waals surface area contributed by atoms with Crippen molar-refractivity contribution in [3.05, 3.63) is 29.3 Å². The Morgan fingerprint density at radius 1 is 1.43 bits per heavy atom. The highest BCUT2D eigenvalue weighted by Crippen LogP contribution is 2.34. The average molecular weight is 312 g/mol. The molecule has 114 valence electrons. The zero-order chi connectivity index (χ0) is 15.8. The van der Waals surface area contributed by atoms with Gasteiger partial charge in [-0.3, -0.25) is 9.10 Å². The number of hydrogen-bond acceptors (Lipinski definition) is 5. The molecule has 0 radical (unpaired) electrons. The summed E-state index contributed by atoms with van der Waals surface area (Å²) in [5.74, 6) is -1.40. The number of rotatable bonds is 4. The number of nitrogens with two attached hydrogens (primary N) is 1. The van der Waals surface area contributed by atoms with Gasteiger partial charge in [-0.1, -0.05) is 0 Å². The minimum atomic E-state index is -3.36. The first-order valence-corrected chi connectivity index (χ1v) is 8.12. The second-order valence-corrected chi connectivity index (χ2v) is 6.86. The molecular formula is C13H16N2O5S. The van der Waals surface area contributed by atoms with Crippen LogP contribution in [0.3, 0.4) is 0 Å². The molecule has 21 heavy (non-hydrogen) atoms. The molecule has 0 aromatic heterocycles. The summed E-state index contributed by atoms with van der Waals surface area (Å²) in [5.41, 5.74) is 6.48. The number of nitrogens with zero attached hydrogens (tertiary/aromatic N) is 1. The van der Waals surface area contributed by atoms with Gasteiger partial charge in [-0.2, -0.15) is 0 Å². The largest absolute Gasteiger partial charge is 0.452 e. The predicted molar refractivity (Wildman–Crippen MR) is 76.4 cm³/mol. The average Bonchev–Trinajstić information content (AvgIpc) is 2.70. The van der Waals surface area contributed by atoms with E-state index in [0.717, 1.165) is 11.8 Å². The van der Waals surface area contributed by atoms with Crippen LogP contribution in [0.25, 0.3) is 0 Å². The van der Waals surface area contributed by atoms with Gasteiger partial charge in [-0.25, -0.2) is 13.2 Å². The van der Waals surface area contributed by atoms with E-state index in [0.29, 0.717) is 12.1 Å². The molecule has 1 aliphatic rings. The lowest BCUT2D eigenvalue weighted by atomic mass is 10.1. The summed E-state index contributed by atoms with van der Waals surface area (Å²) in [6.45, 7) is 1.31. The quantitative estimate of drug-likeness (QED) is 0.790. The van der Waals surface area contributed by atoms with Gasteiger partial charge in [0.15, 0.2) is 6.61 Å². The molecule has 1 aromatic carbocycles. The molecule has 1 aliphatic heterocycles. The van der Waals surface area contributed by atoms with E-state index >= 15 is 0 Å². The minimum Gasteiger partial charge on any atom is -0.452 e. The van der Waals surface area contributed by atoms with E-state index in [1.807, 2.05) is 0 Å². The summed E-state index contributed by atoms with van der Waals surface area (Å²) in [6, 6.07) is 4.42. The molecule has 0 unspecified atom stereocenters. The lowest BCUT2D eigenvalue weighted by Gasteiger charge is -2.21. The predicted octanol–water partition coefficient (Wildman–Crippen LogP) is 0.0393. The Balaban J connectivity index is 2.28. The Hall–Kier alpha value is -2.09. The van der Waals surface area contributed by atoms with Crippen molar-refractivity contribution in [2.45, 2.75) is 19.4 Å². The maximum atomic E-state index is 11.8. The third kappa shape index (κ3) is 3.15. The molecule has 1 atom stereocenters. The lowest BCUT2D eigenvalue weighted by molar-refractivity contribution is -0.121. The van der Waals surface area contributed by atoms with E-state index in [9.17, 15) is 18.0 Å². The van der Waals surface area contributed by atoms with Gasteiger partial charge in [-0.05, 0) is 37.1 Å². The molecule has 0 saturated heterocycles. The third-order valence-electron chi connectivity index (χ3n) is 3.17. The fourth-order valence-electron chi connectivity index (χ4n) is 2.46.